The molecule has 0 aromatic carbocycles. The lowest BCUT2D eigenvalue weighted by Crippen LogP contribution is -2.65. The van der Waals surface area contributed by atoms with Gasteiger partial charge in [0.1, 0.15) is 48.8 Å². The van der Waals surface area contributed by atoms with Crippen LogP contribution in [0.3, 0.4) is 0 Å². The highest BCUT2D eigenvalue weighted by Crippen LogP contribution is 2.30. The third kappa shape index (κ3) is 31.4. The molecule has 14 nitrogen and oxygen atoms in total. The molecule has 14 heteroatoms. The molecule has 74 heavy (non-hydrogen) atoms. The van der Waals surface area contributed by atoms with Crippen LogP contribution >= 0.6 is 0 Å². The molecule has 2 rings (SSSR count). The summed E-state index contributed by atoms with van der Waals surface area (Å²) in [7, 11) is 0. The van der Waals surface area contributed by atoms with Crippen molar-refractivity contribution in [1.29, 1.82) is 0 Å². The van der Waals surface area contributed by atoms with Crippen LogP contribution in [0.15, 0.2) is 48.6 Å². The van der Waals surface area contributed by atoms with Crippen LogP contribution in [0.2, 0.25) is 0 Å². The molecule has 0 aliphatic carbocycles. The van der Waals surface area contributed by atoms with E-state index in [1.807, 2.05) is 13.0 Å². The van der Waals surface area contributed by atoms with Crippen molar-refractivity contribution in [3.8, 4) is 0 Å². The number of rotatable bonds is 47. The Bertz CT molecular complexity index is 1430. The van der Waals surface area contributed by atoms with Crippen molar-refractivity contribution in [2.75, 3.05) is 19.8 Å². The Hall–Kier alpha value is -2.05. The Kier molecular flexibility index (Phi) is 42.2. The summed E-state index contributed by atoms with van der Waals surface area (Å²) in [5.74, 6) is -0.250. The number of amides is 1. The summed E-state index contributed by atoms with van der Waals surface area (Å²) in [4.78, 5) is 13.0. The quantitative estimate of drug-likeness (QED) is 0.0205. The lowest BCUT2D eigenvalue weighted by atomic mass is 9.97. The lowest BCUT2D eigenvalue weighted by Gasteiger charge is -2.46. The van der Waals surface area contributed by atoms with Gasteiger partial charge in [0.2, 0.25) is 5.91 Å². The first-order chi connectivity index (χ1) is 36.1. The second-order valence-corrected chi connectivity index (χ2v) is 21.1. The summed E-state index contributed by atoms with van der Waals surface area (Å²) in [5.41, 5.74) is 0. The number of nitrogens with one attached hydrogen (secondary N) is 1. The fourth-order valence-electron chi connectivity index (χ4n) is 9.66. The summed E-state index contributed by atoms with van der Waals surface area (Å²) in [6, 6.07) is -0.909. The maximum absolute atomic E-state index is 13.0. The zero-order valence-corrected chi connectivity index (χ0v) is 46.3. The molecule has 9 N–H and O–H groups in total. The van der Waals surface area contributed by atoms with E-state index in [9.17, 15) is 45.6 Å². The first kappa shape index (κ1) is 68.1. The van der Waals surface area contributed by atoms with Crippen molar-refractivity contribution in [1.82, 2.24) is 5.32 Å². The van der Waals surface area contributed by atoms with Crippen molar-refractivity contribution in [2.24, 2.45) is 0 Å². The van der Waals surface area contributed by atoms with E-state index < -0.39 is 86.8 Å². The number of ether oxygens (including phenoxy) is 4. The predicted octanol–water partition coefficient (Wildman–Crippen LogP) is 10.0. The number of hydrogen-bond acceptors (Lipinski definition) is 13. The van der Waals surface area contributed by atoms with Gasteiger partial charge in [-0.15, -0.1) is 0 Å². The first-order valence-electron chi connectivity index (χ1n) is 29.9. The molecule has 2 fully saturated rings. The second-order valence-electron chi connectivity index (χ2n) is 21.1. The normalized spacial score (nSPS) is 25.5. The smallest absolute Gasteiger partial charge is 0.220 e. The lowest BCUT2D eigenvalue weighted by molar-refractivity contribution is -0.359. The van der Waals surface area contributed by atoms with Crippen LogP contribution in [0.4, 0.5) is 0 Å². The summed E-state index contributed by atoms with van der Waals surface area (Å²) in [5, 5.41) is 86.0. The van der Waals surface area contributed by atoms with Gasteiger partial charge in [0, 0.05) is 6.42 Å². The molecule has 2 saturated heterocycles. The number of hydrogen-bond donors (Lipinski definition) is 9. The molecule has 1 amide bonds. The van der Waals surface area contributed by atoms with Crippen molar-refractivity contribution in [3.05, 3.63) is 48.6 Å². The van der Waals surface area contributed by atoms with Gasteiger partial charge < -0.3 is 65.1 Å². The molecule has 0 aromatic rings. The van der Waals surface area contributed by atoms with Crippen molar-refractivity contribution >= 4 is 5.91 Å². The van der Waals surface area contributed by atoms with Crippen molar-refractivity contribution in [3.63, 3.8) is 0 Å². The van der Waals surface area contributed by atoms with Crippen LogP contribution < -0.4 is 5.32 Å². The molecular weight excluding hydrogens is 943 g/mol. The number of aliphatic hydroxyl groups excluding tert-OH is 8. The maximum atomic E-state index is 13.0. The summed E-state index contributed by atoms with van der Waals surface area (Å²) in [6.07, 6.45) is 41.8. The Balaban J connectivity index is 1.46. The Morgan fingerprint density at radius 2 is 0.919 bits per heavy atom. The van der Waals surface area contributed by atoms with Gasteiger partial charge in [0.25, 0.3) is 0 Å². The van der Waals surface area contributed by atoms with Crippen LogP contribution in [0.1, 0.15) is 232 Å². The first-order valence-corrected chi connectivity index (χ1v) is 29.9. The van der Waals surface area contributed by atoms with Crippen LogP contribution in [-0.2, 0) is 23.7 Å². The van der Waals surface area contributed by atoms with Gasteiger partial charge in [-0.1, -0.05) is 223 Å². The van der Waals surface area contributed by atoms with Crippen molar-refractivity contribution in [2.45, 2.75) is 306 Å². The van der Waals surface area contributed by atoms with Gasteiger partial charge >= 0.3 is 0 Å². The number of unbranched alkanes of at least 4 members (excludes halogenated alkanes) is 28. The van der Waals surface area contributed by atoms with E-state index in [2.05, 4.69) is 48.7 Å². The Morgan fingerprint density at radius 3 is 1.39 bits per heavy atom. The largest absolute Gasteiger partial charge is 0.394 e. The molecule has 0 saturated carbocycles. The molecule has 2 heterocycles. The topological polar surface area (TPSA) is 228 Å². The van der Waals surface area contributed by atoms with Crippen LogP contribution in [0, 0.1) is 0 Å². The summed E-state index contributed by atoms with van der Waals surface area (Å²) in [6.45, 7) is 2.55. The highest BCUT2D eigenvalue weighted by Gasteiger charge is 2.51. The highest BCUT2D eigenvalue weighted by molar-refractivity contribution is 5.76. The maximum Gasteiger partial charge on any atom is 0.220 e. The molecule has 0 radical (unpaired) electrons. The van der Waals surface area contributed by atoms with E-state index in [4.69, 9.17) is 18.9 Å². The zero-order valence-electron chi connectivity index (χ0n) is 46.3. The molecule has 0 spiro atoms. The molecule has 12 unspecified atom stereocenters. The summed E-state index contributed by atoms with van der Waals surface area (Å²) < 4.78 is 22.5. The fraction of sp³-hybridized carbons (Fsp3) is 0.850. The van der Waals surface area contributed by atoms with Gasteiger partial charge in [-0.3, -0.25) is 4.79 Å². The minimum atomic E-state index is -1.78. The SMILES string of the molecule is CCC/C=C/C(O)C(COC1OC(CO)C(OC2OC(CO)C(O)C(O)C2O)C(O)C1O)NC(=O)CCCCCCCCCCCCCCCCCCCCCCCC/C=C\C/C=C\C/C=C\CCCCCCC. The Labute approximate surface area is 448 Å². The summed E-state index contributed by atoms with van der Waals surface area (Å²) >= 11 is 0. The fourth-order valence-corrected chi connectivity index (χ4v) is 9.66. The van der Waals surface area contributed by atoms with Gasteiger partial charge in [-0.05, 0) is 51.4 Å². The van der Waals surface area contributed by atoms with E-state index in [1.165, 1.54) is 161 Å². The van der Waals surface area contributed by atoms with Gasteiger partial charge in [-0.2, -0.15) is 0 Å². The van der Waals surface area contributed by atoms with E-state index >= 15 is 0 Å². The number of aliphatic hydroxyl groups is 8. The Morgan fingerprint density at radius 1 is 0.486 bits per heavy atom. The molecule has 0 aromatic heterocycles. The van der Waals surface area contributed by atoms with Crippen LogP contribution in [-0.4, -0.2) is 140 Å². The number of allylic oxidation sites excluding steroid dienone is 7. The van der Waals surface area contributed by atoms with E-state index in [-0.39, 0.29) is 18.9 Å². The zero-order chi connectivity index (χ0) is 53.9. The highest BCUT2D eigenvalue weighted by atomic mass is 16.7. The standard InChI is InChI=1S/C60H109NO13/c1-3-5-7-8-9-10-11-12-13-14-15-16-17-18-19-20-21-22-23-24-25-26-27-28-29-30-31-32-33-34-35-36-37-38-39-40-42-44-52(65)61-48(49(64)43-41-6-4-2)47-71-59-57(70)55(68)58(51(46-63)73-59)74-60-56(69)54(67)53(66)50(45-62)72-60/h11-12,14-15,17-18,41,43,48-51,53-60,62-64,66-70H,3-10,13,16,19-40,42,44-47H2,1-2H3,(H,61,65)/b12-11-,15-14-,18-17-,43-41+. The number of carbonyl (C=O) groups is 1. The van der Waals surface area contributed by atoms with E-state index in [0.29, 0.717) is 6.42 Å². The number of carbonyl (C=O) groups excluding carboxylic acids is 1. The molecule has 432 valence electrons. The second kappa shape index (κ2) is 45.9. The van der Waals surface area contributed by atoms with Crippen molar-refractivity contribution < 1.29 is 64.6 Å². The van der Waals surface area contributed by atoms with Crippen LogP contribution in [0.25, 0.3) is 0 Å². The third-order valence-electron chi connectivity index (χ3n) is 14.5. The predicted molar refractivity (Wildman–Crippen MR) is 295 cm³/mol. The van der Waals surface area contributed by atoms with Gasteiger partial charge in [0.05, 0.1) is 32.0 Å². The van der Waals surface area contributed by atoms with Gasteiger partial charge in [-0.25, -0.2) is 0 Å². The minimum Gasteiger partial charge on any atom is -0.394 e. The molecule has 12 atom stereocenters. The molecule has 2 aliphatic rings. The van der Waals surface area contributed by atoms with E-state index in [1.54, 1.807) is 6.08 Å². The third-order valence-corrected chi connectivity index (χ3v) is 14.5. The monoisotopic (exact) mass is 1050 g/mol. The van der Waals surface area contributed by atoms with Gasteiger partial charge in [0.15, 0.2) is 12.6 Å². The average Bonchev–Trinajstić information content (AvgIpc) is 3.40. The average molecular weight is 1050 g/mol. The molecule has 0 bridgehead atoms. The minimum absolute atomic E-state index is 0.250. The molecule has 2 aliphatic heterocycles. The molecular formula is C60H109NO13. The van der Waals surface area contributed by atoms with Crippen LogP contribution in [0.5, 0.6) is 0 Å². The van der Waals surface area contributed by atoms with E-state index in [0.717, 1.165) is 44.9 Å².